The number of piperidine rings is 1. The predicted molar refractivity (Wildman–Crippen MR) is 62.2 cm³/mol. The summed E-state index contributed by atoms with van der Waals surface area (Å²) in [6, 6.07) is -0.0428. The molecule has 5 nitrogen and oxygen atoms in total. The topological polar surface area (TPSA) is 59.0 Å². The van der Waals surface area contributed by atoms with Gasteiger partial charge in [0.1, 0.15) is 0 Å². The Morgan fingerprint density at radius 2 is 2.56 bits per heavy atom. The van der Waals surface area contributed by atoms with Crippen molar-refractivity contribution in [1.82, 2.24) is 15.1 Å². The number of nitrogens with zero attached hydrogens (tertiary/aromatic N) is 2. The lowest BCUT2D eigenvalue weighted by molar-refractivity contribution is -0.118. The van der Waals surface area contributed by atoms with Crippen LogP contribution in [0.25, 0.3) is 0 Å². The molecule has 1 aliphatic rings. The summed E-state index contributed by atoms with van der Waals surface area (Å²) in [6.45, 7) is 3.77. The first-order chi connectivity index (χ1) is 7.79. The molecule has 2 heterocycles. The zero-order valence-electron chi connectivity index (χ0n) is 9.57. The molecular formula is C11H18N4O. The molecule has 1 aromatic rings. The van der Waals surface area contributed by atoms with E-state index >= 15 is 0 Å². The van der Waals surface area contributed by atoms with E-state index in [-0.39, 0.29) is 11.9 Å². The van der Waals surface area contributed by atoms with Gasteiger partial charge in [0.25, 0.3) is 0 Å². The Kier molecular flexibility index (Phi) is 3.56. The summed E-state index contributed by atoms with van der Waals surface area (Å²) < 4.78 is 1.80. The van der Waals surface area contributed by atoms with Crippen molar-refractivity contribution in [3.8, 4) is 0 Å². The quantitative estimate of drug-likeness (QED) is 0.801. The normalized spacial score (nSPS) is 20.7. The number of rotatable bonds is 3. The number of anilines is 1. The minimum Gasteiger partial charge on any atom is -0.322 e. The average Bonchev–Trinajstić information content (AvgIpc) is 2.78. The summed E-state index contributed by atoms with van der Waals surface area (Å²) in [5.74, 6) is 0.0513. The number of carbonyl (C=O) groups excluding carboxylic acids is 1. The van der Waals surface area contributed by atoms with E-state index in [1.165, 1.54) is 0 Å². The fraction of sp³-hybridized carbons (Fsp3) is 0.636. The predicted octanol–water partition coefficient (Wildman–Crippen LogP) is 0.984. The fourth-order valence-electron chi connectivity index (χ4n) is 1.91. The smallest absolute Gasteiger partial charge is 0.241 e. The second-order valence-electron chi connectivity index (χ2n) is 4.08. The third kappa shape index (κ3) is 2.61. The Labute approximate surface area is 95.2 Å². The summed E-state index contributed by atoms with van der Waals surface area (Å²) in [6.07, 6.45) is 6.75. The van der Waals surface area contributed by atoms with Crippen molar-refractivity contribution in [2.24, 2.45) is 0 Å². The lowest BCUT2D eigenvalue weighted by Crippen LogP contribution is -2.43. The van der Waals surface area contributed by atoms with E-state index in [1.54, 1.807) is 10.9 Å². The highest BCUT2D eigenvalue weighted by Crippen LogP contribution is 2.10. The Morgan fingerprint density at radius 3 is 3.19 bits per heavy atom. The minimum atomic E-state index is -0.0428. The first-order valence-corrected chi connectivity index (χ1v) is 5.86. The Bertz CT molecular complexity index is 355. The lowest BCUT2D eigenvalue weighted by atomic mass is 10.0. The summed E-state index contributed by atoms with van der Waals surface area (Å²) >= 11 is 0. The van der Waals surface area contributed by atoms with Crippen LogP contribution >= 0.6 is 0 Å². The highest BCUT2D eigenvalue weighted by Gasteiger charge is 2.20. The zero-order chi connectivity index (χ0) is 11.4. The number of aryl methyl sites for hydroxylation is 1. The number of hydrogen-bond donors (Lipinski definition) is 2. The number of aromatic nitrogens is 2. The highest BCUT2D eigenvalue weighted by molar-refractivity contribution is 5.94. The van der Waals surface area contributed by atoms with Gasteiger partial charge in [-0.1, -0.05) is 6.42 Å². The van der Waals surface area contributed by atoms with Gasteiger partial charge in [0.05, 0.1) is 17.9 Å². The molecule has 0 aliphatic carbocycles. The van der Waals surface area contributed by atoms with Crippen molar-refractivity contribution in [2.45, 2.75) is 38.8 Å². The highest BCUT2D eigenvalue weighted by atomic mass is 16.2. The van der Waals surface area contributed by atoms with E-state index < -0.39 is 0 Å². The molecule has 16 heavy (non-hydrogen) atoms. The molecule has 1 unspecified atom stereocenters. The maximum absolute atomic E-state index is 11.9. The van der Waals surface area contributed by atoms with Crippen LogP contribution in [0.2, 0.25) is 0 Å². The van der Waals surface area contributed by atoms with E-state index in [4.69, 9.17) is 0 Å². The summed E-state index contributed by atoms with van der Waals surface area (Å²) in [7, 11) is 0. The fourth-order valence-corrected chi connectivity index (χ4v) is 1.91. The van der Waals surface area contributed by atoms with Crippen molar-refractivity contribution < 1.29 is 4.79 Å². The molecule has 2 N–H and O–H groups in total. The van der Waals surface area contributed by atoms with Gasteiger partial charge in [-0.25, -0.2) is 0 Å². The molecule has 0 radical (unpaired) electrons. The van der Waals surface area contributed by atoms with Gasteiger partial charge in [-0.05, 0) is 26.3 Å². The second kappa shape index (κ2) is 5.12. The molecule has 1 amide bonds. The van der Waals surface area contributed by atoms with Crippen LogP contribution in [0.15, 0.2) is 12.4 Å². The molecule has 0 aromatic carbocycles. The molecule has 1 fully saturated rings. The molecule has 0 spiro atoms. The number of hydrogen-bond acceptors (Lipinski definition) is 3. The average molecular weight is 222 g/mol. The van der Waals surface area contributed by atoms with Crippen molar-refractivity contribution in [3.05, 3.63) is 12.4 Å². The maximum atomic E-state index is 11.9. The lowest BCUT2D eigenvalue weighted by Gasteiger charge is -2.22. The summed E-state index contributed by atoms with van der Waals surface area (Å²) in [4.78, 5) is 11.9. The van der Waals surface area contributed by atoms with E-state index in [0.717, 1.165) is 38.0 Å². The third-order valence-electron chi connectivity index (χ3n) is 2.85. The molecule has 1 atom stereocenters. The van der Waals surface area contributed by atoms with Crippen LogP contribution in [-0.4, -0.2) is 28.3 Å². The molecule has 0 saturated carbocycles. The molecule has 1 saturated heterocycles. The number of nitrogens with one attached hydrogen (secondary N) is 2. The first kappa shape index (κ1) is 11.1. The van der Waals surface area contributed by atoms with Crippen molar-refractivity contribution >= 4 is 11.6 Å². The molecule has 0 bridgehead atoms. The Balaban J connectivity index is 1.90. The van der Waals surface area contributed by atoms with Crippen LogP contribution in [0.1, 0.15) is 26.2 Å². The van der Waals surface area contributed by atoms with Crippen molar-refractivity contribution in [2.75, 3.05) is 11.9 Å². The second-order valence-corrected chi connectivity index (χ2v) is 4.08. The van der Waals surface area contributed by atoms with Gasteiger partial charge in [0.2, 0.25) is 5.91 Å². The molecule has 88 valence electrons. The van der Waals surface area contributed by atoms with Gasteiger partial charge in [-0.2, -0.15) is 5.10 Å². The summed E-state index contributed by atoms with van der Waals surface area (Å²) in [5.41, 5.74) is 0.777. The van der Waals surface area contributed by atoms with Crippen LogP contribution < -0.4 is 10.6 Å². The number of amides is 1. The van der Waals surface area contributed by atoms with Crippen LogP contribution in [0, 0.1) is 0 Å². The Morgan fingerprint density at radius 1 is 1.69 bits per heavy atom. The van der Waals surface area contributed by atoms with Crippen LogP contribution in [0.3, 0.4) is 0 Å². The van der Waals surface area contributed by atoms with E-state index in [0.29, 0.717) is 0 Å². The SMILES string of the molecule is CCn1cc(NC(=O)C2CCCCN2)cn1. The van der Waals surface area contributed by atoms with Gasteiger partial charge in [0, 0.05) is 12.7 Å². The minimum absolute atomic E-state index is 0.0428. The Hall–Kier alpha value is -1.36. The largest absolute Gasteiger partial charge is 0.322 e. The maximum Gasteiger partial charge on any atom is 0.241 e. The molecule has 1 aliphatic heterocycles. The van der Waals surface area contributed by atoms with Crippen LogP contribution in [-0.2, 0) is 11.3 Å². The standard InChI is InChI=1S/C11H18N4O/c1-2-15-8-9(7-13-15)14-11(16)10-5-3-4-6-12-10/h7-8,10,12H,2-6H2,1H3,(H,14,16). The van der Waals surface area contributed by atoms with E-state index in [2.05, 4.69) is 15.7 Å². The van der Waals surface area contributed by atoms with Gasteiger partial charge in [0.15, 0.2) is 0 Å². The van der Waals surface area contributed by atoms with Crippen LogP contribution in [0.4, 0.5) is 5.69 Å². The monoisotopic (exact) mass is 222 g/mol. The van der Waals surface area contributed by atoms with Crippen molar-refractivity contribution in [3.63, 3.8) is 0 Å². The van der Waals surface area contributed by atoms with E-state index in [1.807, 2.05) is 13.1 Å². The molecule has 2 rings (SSSR count). The van der Waals surface area contributed by atoms with Crippen LogP contribution in [0.5, 0.6) is 0 Å². The molecule has 5 heteroatoms. The number of carbonyl (C=O) groups is 1. The molecular weight excluding hydrogens is 204 g/mol. The van der Waals surface area contributed by atoms with Gasteiger partial charge >= 0.3 is 0 Å². The van der Waals surface area contributed by atoms with E-state index in [9.17, 15) is 4.79 Å². The summed E-state index contributed by atoms with van der Waals surface area (Å²) in [5, 5.41) is 10.2. The van der Waals surface area contributed by atoms with Gasteiger partial charge in [-0.15, -0.1) is 0 Å². The third-order valence-corrected chi connectivity index (χ3v) is 2.85. The van der Waals surface area contributed by atoms with Gasteiger partial charge in [-0.3, -0.25) is 9.48 Å². The first-order valence-electron chi connectivity index (χ1n) is 5.86. The van der Waals surface area contributed by atoms with Gasteiger partial charge < -0.3 is 10.6 Å². The zero-order valence-corrected chi connectivity index (χ0v) is 9.57. The molecule has 1 aromatic heterocycles. The van der Waals surface area contributed by atoms with Crippen molar-refractivity contribution in [1.29, 1.82) is 0 Å².